The van der Waals surface area contributed by atoms with Gasteiger partial charge in [0.2, 0.25) is 5.82 Å². The highest BCUT2D eigenvalue weighted by Gasteiger charge is 2.40. The molecule has 0 aliphatic carbocycles. The fourth-order valence-corrected chi connectivity index (χ4v) is 1.49. The van der Waals surface area contributed by atoms with Gasteiger partial charge in [-0.1, -0.05) is 0 Å². The quantitative estimate of drug-likeness (QED) is 0.461. The van der Waals surface area contributed by atoms with Gasteiger partial charge in [-0.05, 0) is 6.07 Å². The molecule has 1 aromatic carbocycles. The molecule has 0 radical (unpaired) electrons. The summed E-state index contributed by atoms with van der Waals surface area (Å²) in [4.78, 5) is 14.6. The number of alkyl halides is 3. The number of halogens is 6. The minimum Gasteiger partial charge on any atom is -0.258 e. The van der Waals surface area contributed by atoms with Crippen LogP contribution in [0.15, 0.2) is 6.07 Å². The summed E-state index contributed by atoms with van der Waals surface area (Å²) < 4.78 is 76.8. The fourth-order valence-electron chi connectivity index (χ4n) is 1.49. The lowest BCUT2D eigenvalue weighted by atomic mass is 10.1. The van der Waals surface area contributed by atoms with Gasteiger partial charge in [0.1, 0.15) is 11.1 Å². The molecule has 0 atom stereocenters. The van der Waals surface area contributed by atoms with E-state index in [0.29, 0.717) is 0 Å². The lowest BCUT2D eigenvalue weighted by Crippen LogP contribution is -2.12. The van der Waals surface area contributed by atoms with Crippen molar-refractivity contribution in [1.82, 2.24) is 9.97 Å². The normalized spacial score (nSPS) is 11.9. The largest absolute Gasteiger partial charge is 0.419 e. The van der Waals surface area contributed by atoms with Crippen molar-refractivity contribution in [3.05, 3.63) is 39.5 Å². The van der Waals surface area contributed by atoms with E-state index in [1.165, 1.54) is 0 Å². The molecule has 0 aliphatic heterocycles. The number of hydrogen-bond acceptors (Lipinski definition) is 4. The van der Waals surface area contributed by atoms with Gasteiger partial charge in [-0.2, -0.15) is 26.3 Å². The molecule has 2 rings (SSSR count). The number of aromatic nitrogens is 2. The Hall–Kier alpha value is -2.46. The number of benzene rings is 1. The Morgan fingerprint density at radius 2 is 1.65 bits per heavy atom. The number of nitro groups is 1. The summed E-state index contributed by atoms with van der Waals surface area (Å²) in [5.74, 6) is -5.98. The maximum Gasteiger partial charge on any atom is 0.419 e. The molecule has 2 aromatic rings. The molecule has 0 N–H and O–H groups in total. The molecule has 0 spiro atoms. The van der Waals surface area contributed by atoms with E-state index in [0.717, 1.165) is 0 Å². The van der Waals surface area contributed by atoms with E-state index >= 15 is 0 Å². The maximum absolute atomic E-state index is 13.5. The second-order valence-electron chi connectivity index (χ2n) is 3.51. The van der Waals surface area contributed by atoms with Crippen LogP contribution < -0.4 is 0 Å². The topological polar surface area (TPSA) is 68.9 Å². The molecule has 0 aliphatic rings. The molecule has 0 saturated heterocycles. The first kappa shape index (κ1) is 14.0. The van der Waals surface area contributed by atoms with Crippen LogP contribution in [0.1, 0.15) is 5.56 Å². The summed E-state index contributed by atoms with van der Waals surface area (Å²) in [6.07, 6.45) is -5.27. The molecular weight excluding hydrogens is 296 g/mol. The Labute approximate surface area is 105 Å². The monoisotopic (exact) mass is 297 g/mol. The standard InChI is InChI=1S/C9HF6N3O2/c10-4-2(9(13,14)15)1-3-5(6(4)18(19)20)17-8(12)7(11)16-3/h1H. The van der Waals surface area contributed by atoms with Crippen molar-refractivity contribution in [2.75, 3.05) is 0 Å². The van der Waals surface area contributed by atoms with E-state index in [4.69, 9.17) is 0 Å². The van der Waals surface area contributed by atoms with Gasteiger partial charge in [-0.15, -0.1) is 0 Å². The average molecular weight is 297 g/mol. The van der Waals surface area contributed by atoms with Crippen LogP contribution in [-0.4, -0.2) is 14.9 Å². The Morgan fingerprint density at radius 1 is 1.10 bits per heavy atom. The molecule has 1 aromatic heterocycles. The van der Waals surface area contributed by atoms with Crippen LogP contribution in [0.2, 0.25) is 0 Å². The molecule has 5 nitrogen and oxygen atoms in total. The summed E-state index contributed by atoms with van der Waals surface area (Å²) in [6.45, 7) is 0. The Morgan fingerprint density at radius 3 is 2.15 bits per heavy atom. The van der Waals surface area contributed by atoms with Crippen molar-refractivity contribution in [3.8, 4) is 0 Å². The summed E-state index contributed by atoms with van der Waals surface area (Å²) >= 11 is 0. The lowest BCUT2D eigenvalue weighted by molar-refractivity contribution is -0.386. The molecule has 0 saturated carbocycles. The predicted molar refractivity (Wildman–Crippen MR) is 51.1 cm³/mol. The van der Waals surface area contributed by atoms with Gasteiger partial charge in [0.15, 0.2) is 5.52 Å². The Balaban J connectivity index is 2.99. The van der Waals surface area contributed by atoms with Crippen LogP contribution in [0, 0.1) is 27.8 Å². The third kappa shape index (κ3) is 2.10. The second-order valence-corrected chi connectivity index (χ2v) is 3.51. The molecule has 0 amide bonds. The van der Waals surface area contributed by atoms with Gasteiger partial charge in [-0.3, -0.25) is 10.1 Å². The Bertz CT molecular complexity index is 730. The van der Waals surface area contributed by atoms with Crippen molar-refractivity contribution < 1.29 is 31.3 Å². The fraction of sp³-hybridized carbons (Fsp3) is 0.111. The average Bonchev–Trinajstić information content (AvgIpc) is 2.28. The van der Waals surface area contributed by atoms with E-state index in [1.54, 1.807) is 0 Å². The van der Waals surface area contributed by atoms with Crippen LogP contribution in [-0.2, 0) is 6.18 Å². The molecule has 106 valence electrons. The number of rotatable bonds is 1. The van der Waals surface area contributed by atoms with Crippen LogP contribution in [0.4, 0.5) is 32.0 Å². The third-order valence-electron chi connectivity index (χ3n) is 2.28. The molecule has 1 heterocycles. The zero-order valence-electron chi connectivity index (χ0n) is 9.00. The SMILES string of the molecule is O=[N+]([O-])c1c(F)c(C(F)(F)F)cc2nc(F)c(F)nc12. The van der Waals surface area contributed by atoms with Crippen LogP contribution >= 0.6 is 0 Å². The smallest absolute Gasteiger partial charge is 0.258 e. The number of nitrogens with zero attached hydrogens (tertiary/aromatic N) is 3. The van der Waals surface area contributed by atoms with Gasteiger partial charge in [0.25, 0.3) is 11.9 Å². The third-order valence-corrected chi connectivity index (χ3v) is 2.28. The van der Waals surface area contributed by atoms with Gasteiger partial charge in [0.05, 0.1) is 4.92 Å². The van der Waals surface area contributed by atoms with Gasteiger partial charge >= 0.3 is 11.9 Å². The van der Waals surface area contributed by atoms with Crippen molar-refractivity contribution in [3.63, 3.8) is 0 Å². The number of fused-ring (bicyclic) bond motifs is 1. The van der Waals surface area contributed by atoms with Crippen LogP contribution in [0.5, 0.6) is 0 Å². The zero-order valence-corrected chi connectivity index (χ0v) is 9.00. The highest BCUT2D eigenvalue weighted by atomic mass is 19.4. The van der Waals surface area contributed by atoms with Gasteiger partial charge < -0.3 is 0 Å². The molecule has 20 heavy (non-hydrogen) atoms. The molecule has 0 fully saturated rings. The van der Waals surface area contributed by atoms with E-state index in [9.17, 15) is 36.5 Å². The predicted octanol–water partition coefficient (Wildman–Crippen LogP) is 2.97. The van der Waals surface area contributed by atoms with E-state index in [2.05, 4.69) is 9.97 Å². The first-order valence-corrected chi connectivity index (χ1v) is 4.69. The highest BCUT2D eigenvalue weighted by molar-refractivity contribution is 5.85. The molecule has 0 bridgehead atoms. The summed E-state index contributed by atoms with van der Waals surface area (Å²) in [7, 11) is 0. The zero-order chi connectivity index (χ0) is 15.2. The van der Waals surface area contributed by atoms with Gasteiger partial charge in [0, 0.05) is 0 Å². The lowest BCUT2D eigenvalue weighted by Gasteiger charge is -2.09. The first-order chi connectivity index (χ1) is 9.12. The van der Waals surface area contributed by atoms with E-state index in [-0.39, 0.29) is 6.07 Å². The summed E-state index contributed by atoms with van der Waals surface area (Å²) in [6, 6.07) is 0.0210. The number of hydrogen-bond donors (Lipinski definition) is 0. The number of nitro benzene ring substituents is 1. The van der Waals surface area contributed by atoms with E-state index in [1.807, 2.05) is 0 Å². The van der Waals surface area contributed by atoms with E-state index < -0.39 is 51.1 Å². The van der Waals surface area contributed by atoms with Crippen LogP contribution in [0.3, 0.4) is 0 Å². The molecular formula is C9HF6N3O2. The Kier molecular flexibility index (Phi) is 2.99. The van der Waals surface area contributed by atoms with Gasteiger partial charge in [-0.25, -0.2) is 9.97 Å². The van der Waals surface area contributed by atoms with Crippen molar-refractivity contribution in [2.24, 2.45) is 0 Å². The van der Waals surface area contributed by atoms with Crippen molar-refractivity contribution in [1.29, 1.82) is 0 Å². The molecule has 11 heteroatoms. The molecule has 0 unspecified atom stereocenters. The van der Waals surface area contributed by atoms with Crippen molar-refractivity contribution in [2.45, 2.75) is 6.18 Å². The summed E-state index contributed by atoms with van der Waals surface area (Å²) in [5, 5.41) is 10.6. The maximum atomic E-state index is 13.5. The summed E-state index contributed by atoms with van der Waals surface area (Å²) in [5.41, 5.74) is -5.83. The van der Waals surface area contributed by atoms with Crippen LogP contribution in [0.25, 0.3) is 11.0 Å². The minimum absolute atomic E-state index is 0.0210. The van der Waals surface area contributed by atoms with Crippen molar-refractivity contribution >= 4 is 16.7 Å². The first-order valence-electron chi connectivity index (χ1n) is 4.69. The highest BCUT2D eigenvalue weighted by Crippen LogP contribution is 2.38. The minimum atomic E-state index is -5.27. The second kappa shape index (κ2) is 4.28.